The Kier molecular flexibility index (Phi) is 6.22. The number of ether oxygens (including phenoxy) is 4. The summed E-state index contributed by atoms with van der Waals surface area (Å²) in [6.07, 6.45) is 0. The molecular formula is C19H16F2N2O6. The molecule has 0 N–H and O–H groups in total. The summed E-state index contributed by atoms with van der Waals surface area (Å²) in [6, 6.07) is 11.1. The fraction of sp³-hybridized carbons (Fsp3) is 0.211. The number of methoxy groups -OCH3 is 2. The van der Waals surface area contributed by atoms with E-state index in [1.165, 1.54) is 32.4 Å². The van der Waals surface area contributed by atoms with E-state index in [9.17, 15) is 13.6 Å². The number of rotatable bonds is 8. The molecule has 152 valence electrons. The monoisotopic (exact) mass is 406 g/mol. The van der Waals surface area contributed by atoms with Crippen LogP contribution in [0.1, 0.15) is 16.2 Å². The van der Waals surface area contributed by atoms with Crippen LogP contribution in [0.3, 0.4) is 0 Å². The number of halogens is 2. The van der Waals surface area contributed by atoms with Crippen molar-refractivity contribution in [3.8, 4) is 28.6 Å². The minimum absolute atomic E-state index is 0.0235. The summed E-state index contributed by atoms with van der Waals surface area (Å²) in [5.74, 6) is -0.450. The Balaban J connectivity index is 1.72. The Morgan fingerprint density at radius 1 is 1.14 bits per heavy atom. The molecule has 1 heterocycles. The van der Waals surface area contributed by atoms with Crippen molar-refractivity contribution < 1.29 is 37.0 Å². The summed E-state index contributed by atoms with van der Waals surface area (Å²) in [5, 5.41) is 3.82. The number of para-hydroxylation sites is 1. The smallest absolute Gasteiger partial charge is 0.387 e. The third-order valence-electron chi connectivity index (χ3n) is 3.75. The molecule has 0 amide bonds. The van der Waals surface area contributed by atoms with Crippen molar-refractivity contribution in [2.45, 2.75) is 13.2 Å². The van der Waals surface area contributed by atoms with Crippen molar-refractivity contribution in [3.63, 3.8) is 0 Å². The molecule has 0 saturated carbocycles. The average molecular weight is 406 g/mol. The Labute approximate surface area is 164 Å². The van der Waals surface area contributed by atoms with Crippen LogP contribution in [0.15, 0.2) is 47.0 Å². The van der Waals surface area contributed by atoms with Gasteiger partial charge in [0.15, 0.2) is 18.1 Å². The van der Waals surface area contributed by atoms with E-state index in [4.69, 9.17) is 18.7 Å². The molecule has 10 heteroatoms. The van der Waals surface area contributed by atoms with E-state index < -0.39 is 18.3 Å². The lowest BCUT2D eigenvalue weighted by atomic mass is 10.2. The normalized spacial score (nSPS) is 10.7. The Morgan fingerprint density at radius 2 is 1.93 bits per heavy atom. The first-order chi connectivity index (χ1) is 14.0. The van der Waals surface area contributed by atoms with Gasteiger partial charge in [0.25, 0.3) is 5.89 Å². The van der Waals surface area contributed by atoms with Gasteiger partial charge in [0.1, 0.15) is 11.3 Å². The summed E-state index contributed by atoms with van der Waals surface area (Å²) < 4.78 is 50.0. The second-order valence-corrected chi connectivity index (χ2v) is 5.54. The summed E-state index contributed by atoms with van der Waals surface area (Å²) >= 11 is 0. The maximum absolute atomic E-state index is 12.7. The van der Waals surface area contributed by atoms with Crippen LogP contribution in [0.25, 0.3) is 11.4 Å². The van der Waals surface area contributed by atoms with Gasteiger partial charge in [-0.15, -0.1) is 0 Å². The molecule has 0 bridgehead atoms. The lowest BCUT2D eigenvalue weighted by Crippen LogP contribution is -2.11. The molecule has 0 spiro atoms. The predicted octanol–water partition coefficient (Wildman–Crippen LogP) is 3.71. The number of hydrogen-bond donors (Lipinski definition) is 0. The van der Waals surface area contributed by atoms with E-state index in [2.05, 4.69) is 14.9 Å². The molecule has 0 fully saturated rings. The van der Waals surface area contributed by atoms with Crippen molar-refractivity contribution in [2.24, 2.45) is 0 Å². The van der Waals surface area contributed by atoms with Gasteiger partial charge in [-0.05, 0) is 24.3 Å². The minimum Gasteiger partial charge on any atom is -0.497 e. The molecule has 0 saturated heterocycles. The van der Waals surface area contributed by atoms with Gasteiger partial charge in [0.2, 0.25) is 5.82 Å². The molecule has 3 aromatic rings. The lowest BCUT2D eigenvalue weighted by Gasteiger charge is -2.13. The van der Waals surface area contributed by atoms with Crippen molar-refractivity contribution in [2.75, 3.05) is 14.2 Å². The van der Waals surface area contributed by atoms with Crippen molar-refractivity contribution in [1.29, 1.82) is 0 Å². The molecule has 3 rings (SSSR count). The molecular weight excluding hydrogens is 390 g/mol. The largest absolute Gasteiger partial charge is 0.497 e. The number of aromatic nitrogens is 2. The predicted molar refractivity (Wildman–Crippen MR) is 95.0 cm³/mol. The Bertz CT molecular complexity index is 992. The van der Waals surface area contributed by atoms with Crippen LogP contribution >= 0.6 is 0 Å². The van der Waals surface area contributed by atoms with Crippen LogP contribution in [-0.4, -0.2) is 36.9 Å². The first-order valence-corrected chi connectivity index (χ1v) is 8.27. The molecule has 1 aromatic heterocycles. The fourth-order valence-corrected chi connectivity index (χ4v) is 2.45. The highest BCUT2D eigenvalue weighted by atomic mass is 19.3. The highest BCUT2D eigenvalue weighted by Crippen LogP contribution is 2.33. The number of carbonyl (C=O) groups excluding carboxylic acids is 1. The van der Waals surface area contributed by atoms with Gasteiger partial charge in [-0.1, -0.05) is 23.4 Å². The third-order valence-corrected chi connectivity index (χ3v) is 3.75. The second kappa shape index (κ2) is 9.00. The van der Waals surface area contributed by atoms with Crippen LogP contribution in [0, 0.1) is 0 Å². The minimum atomic E-state index is -3.14. The van der Waals surface area contributed by atoms with E-state index in [0.717, 1.165) is 0 Å². The van der Waals surface area contributed by atoms with Crippen LogP contribution in [0.4, 0.5) is 8.78 Å². The summed E-state index contributed by atoms with van der Waals surface area (Å²) in [5.41, 5.74) is 0.420. The molecule has 0 aliphatic rings. The molecule has 2 aromatic carbocycles. The first kappa shape index (κ1) is 20.1. The maximum Gasteiger partial charge on any atom is 0.387 e. The summed E-state index contributed by atoms with van der Waals surface area (Å²) in [7, 11) is 2.80. The molecule has 0 unspecified atom stereocenters. The Morgan fingerprint density at radius 3 is 2.66 bits per heavy atom. The van der Waals surface area contributed by atoms with E-state index in [0.29, 0.717) is 11.3 Å². The summed E-state index contributed by atoms with van der Waals surface area (Å²) in [4.78, 5) is 16.5. The SMILES string of the molecule is COc1cccc(-c2noc(COC(=O)c3cccc(OC)c3OC(F)F)n2)c1. The molecule has 0 aliphatic carbocycles. The van der Waals surface area contributed by atoms with Gasteiger partial charge < -0.3 is 23.5 Å². The number of hydrogen-bond acceptors (Lipinski definition) is 8. The van der Waals surface area contributed by atoms with Crippen molar-refractivity contribution >= 4 is 5.97 Å². The van der Waals surface area contributed by atoms with Crippen molar-refractivity contribution in [1.82, 2.24) is 10.1 Å². The number of carbonyl (C=O) groups is 1. The van der Waals surface area contributed by atoms with Crippen LogP contribution in [0.5, 0.6) is 17.2 Å². The number of alkyl halides is 2. The maximum atomic E-state index is 12.7. The highest BCUT2D eigenvalue weighted by molar-refractivity contribution is 5.93. The van der Waals surface area contributed by atoms with Crippen molar-refractivity contribution in [3.05, 3.63) is 53.9 Å². The van der Waals surface area contributed by atoms with E-state index in [1.807, 2.05) is 0 Å². The molecule has 0 radical (unpaired) electrons. The van der Waals surface area contributed by atoms with Gasteiger partial charge >= 0.3 is 12.6 Å². The first-order valence-electron chi connectivity index (χ1n) is 8.27. The number of benzene rings is 2. The van der Waals surface area contributed by atoms with Crippen LogP contribution in [-0.2, 0) is 11.3 Å². The zero-order valence-corrected chi connectivity index (χ0v) is 15.4. The molecule has 0 aliphatic heterocycles. The molecule has 0 atom stereocenters. The fourth-order valence-electron chi connectivity index (χ4n) is 2.45. The van der Waals surface area contributed by atoms with Gasteiger partial charge in [-0.2, -0.15) is 13.8 Å². The van der Waals surface area contributed by atoms with E-state index in [1.54, 1.807) is 24.3 Å². The second-order valence-electron chi connectivity index (χ2n) is 5.54. The number of esters is 1. The quantitative estimate of drug-likeness (QED) is 0.523. The van der Waals surface area contributed by atoms with Gasteiger partial charge in [0, 0.05) is 5.56 Å². The van der Waals surface area contributed by atoms with Crippen LogP contribution in [0.2, 0.25) is 0 Å². The average Bonchev–Trinajstić information content (AvgIpc) is 3.21. The van der Waals surface area contributed by atoms with E-state index in [-0.39, 0.29) is 29.6 Å². The highest BCUT2D eigenvalue weighted by Gasteiger charge is 2.22. The van der Waals surface area contributed by atoms with Crippen LogP contribution < -0.4 is 14.2 Å². The third kappa shape index (κ3) is 4.78. The van der Waals surface area contributed by atoms with Gasteiger partial charge in [0.05, 0.1) is 14.2 Å². The number of nitrogens with zero attached hydrogens (tertiary/aromatic N) is 2. The van der Waals surface area contributed by atoms with Gasteiger partial charge in [-0.25, -0.2) is 4.79 Å². The zero-order chi connectivity index (χ0) is 20.8. The van der Waals surface area contributed by atoms with Gasteiger partial charge in [-0.3, -0.25) is 0 Å². The zero-order valence-electron chi connectivity index (χ0n) is 15.4. The lowest BCUT2D eigenvalue weighted by molar-refractivity contribution is -0.0519. The molecule has 8 nitrogen and oxygen atoms in total. The molecule has 29 heavy (non-hydrogen) atoms. The Hall–Kier alpha value is -3.69. The topological polar surface area (TPSA) is 92.9 Å². The summed E-state index contributed by atoms with van der Waals surface area (Å²) in [6.45, 7) is -3.50. The van der Waals surface area contributed by atoms with E-state index >= 15 is 0 Å². The standard InChI is InChI=1S/C19H16F2N2O6/c1-25-12-6-3-5-11(9-12)17-22-15(29-23-17)10-27-18(24)13-7-4-8-14(26-2)16(13)28-19(20)21/h3-9,19H,10H2,1-2H3.